The van der Waals surface area contributed by atoms with Crippen LogP contribution in [0.4, 0.5) is 10.1 Å². The summed E-state index contributed by atoms with van der Waals surface area (Å²) < 4.78 is 14.0. The molecule has 0 unspecified atom stereocenters. The lowest BCUT2D eigenvalue weighted by atomic mass is 10.0. The maximum absolute atomic E-state index is 14.0. The predicted molar refractivity (Wildman–Crippen MR) is 73.2 cm³/mol. The summed E-state index contributed by atoms with van der Waals surface area (Å²) in [6, 6.07) is 4.91. The van der Waals surface area contributed by atoms with Crippen LogP contribution in [0.5, 0.6) is 0 Å². The second-order valence-corrected chi connectivity index (χ2v) is 4.85. The molecule has 0 bridgehead atoms. The molecule has 1 aromatic heterocycles. The summed E-state index contributed by atoms with van der Waals surface area (Å²) in [6.45, 7) is 2.31. The summed E-state index contributed by atoms with van der Waals surface area (Å²) in [7, 11) is 0. The molecule has 0 N–H and O–H groups in total. The highest BCUT2D eigenvalue weighted by atomic mass is 19.1. The van der Waals surface area contributed by atoms with Crippen LogP contribution in [0.3, 0.4) is 0 Å². The van der Waals surface area contributed by atoms with E-state index in [4.69, 9.17) is 0 Å². The highest BCUT2D eigenvalue weighted by Gasteiger charge is 2.27. The van der Waals surface area contributed by atoms with Gasteiger partial charge in [-0.2, -0.15) is 0 Å². The number of fused-ring (bicyclic) bond motifs is 1. The van der Waals surface area contributed by atoms with Gasteiger partial charge in [-0.25, -0.2) is 9.37 Å². The van der Waals surface area contributed by atoms with E-state index in [1.807, 2.05) is 6.07 Å². The molecule has 5 heteroatoms. The second-order valence-electron chi connectivity index (χ2n) is 4.85. The van der Waals surface area contributed by atoms with E-state index in [2.05, 4.69) is 9.97 Å². The number of aromatic nitrogens is 2. The van der Waals surface area contributed by atoms with Crippen molar-refractivity contribution < 1.29 is 9.18 Å². The normalized spacial score (nSPS) is 14.0. The molecule has 0 atom stereocenters. The SMILES string of the molecule is Cc1cnc(C(=O)N2CCCc3cccc(F)c32)cn1. The Hall–Kier alpha value is -2.30. The van der Waals surface area contributed by atoms with Crippen molar-refractivity contribution in [3.05, 3.63) is 53.4 Å². The van der Waals surface area contributed by atoms with Crippen LogP contribution in [0.15, 0.2) is 30.6 Å². The van der Waals surface area contributed by atoms with E-state index < -0.39 is 0 Å². The highest BCUT2D eigenvalue weighted by Crippen LogP contribution is 2.30. The third kappa shape index (κ3) is 2.15. The van der Waals surface area contributed by atoms with Gasteiger partial charge in [-0.1, -0.05) is 12.1 Å². The third-order valence-corrected chi connectivity index (χ3v) is 3.41. The average Bonchev–Trinajstić information content (AvgIpc) is 2.47. The van der Waals surface area contributed by atoms with Crippen molar-refractivity contribution in [1.82, 2.24) is 9.97 Å². The number of para-hydroxylation sites is 1. The number of carbonyl (C=O) groups excluding carboxylic acids is 1. The fourth-order valence-corrected chi connectivity index (χ4v) is 2.45. The summed E-state index contributed by atoms with van der Waals surface area (Å²) in [5.41, 5.74) is 2.23. The van der Waals surface area contributed by atoms with E-state index in [-0.39, 0.29) is 17.4 Å². The van der Waals surface area contributed by atoms with Crippen molar-refractivity contribution in [3.63, 3.8) is 0 Å². The Morgan fingerprint density at radius 3 is 2.90 bits per heavy atom. The lowest BCUT2D eigenvalue weighted by molar-refractivity contribution is 0.0979. The predicted octanol–water partition coefficient (Wildman–Crippen LogP) is 2.52. The Balaban J connectivity index is 2.00. The molecule has 102 valence electrons. The van der Waals surface area contributed by atoms with E-state index in [1.54, 1.807) is 19.2 Å². The summed E-state index contributed by atoms with van der Waals surface area (Å²) in [6.07, 6.45) is 4.59. The van der Waals surface area contributed by atoms with Gasteiger partial charge in [0.25, 0.3) is 5.91 Å². The quantitative estimate of drug-likeness (QED) is 0.800. The van der Waals surface area contributed by atoms with Gasteiger partial charge < -0.3 is 4.90 Å². The maximum atomic E-state index is 14.0. The molecule has 20 heavy (non-hydrogen) atoms. The minimum absolute atomic E-state index is 0.242. The van der Waals surface area contributed by atoms with Gasteiger partial charge in [0.15, 0.2) is 0 Å². The standard InChI is InChI=1S/C15H14FN3O/c1-10-8-18-13(9-17-10)15(20)19-7-3-5-11-4-2-6-12(16)14(11)19/h2,4,6,8-9H,3,5,7H2,1H3. The van der Waals surface area contributed by atoms with Crippen LogP contribution in [0.2, 0.25) is 0 Å². The van der Waals surface area contributed by atoms with E-state index >= 15 is 0 Å². The monoisotopic (exact) mass is 271 g/mol. The van der Waals surface area contributed by atoms with Gasteiger partial charge in [-0.05, 0) is 31.4 Å². The minimum atomic E-state index is -0.365. The molecule has 0 aliphatic carbocycles. The van der Waals surface area contributed by atoms with E-state index in [0.29, 0.717) is 12.2 Å². The number of amides is 1. The fourth-order valence-electron chi connectivity index (χ4n) is 2.45. The van der Waals surface area contributed by atoms with Crippen molar-refractivity contribution in [2.75, 3.05) is 11.4 Å². The number of benzene rings is 1. The molecule has 1 amide bonds. The molecule has 0 spiro atoms. The van der Waals surface area contributed by atoms with Crippen LogP contribution in [0.1, 0.15) is 28.2 Å². The van der Waals surface area contributed by atoms with Gasteiger partial charge in [-0.15, -0.1) is 0 Å². The van der Waals surface area contributed by atoms with Gasteiger partial charge in [0, 0.05) is 12.7 Å². The first-order chi connectivity index (χ1) is 9.66. The first-order valence-corrected chi connectivity index (χ1v) is 6.55. The van der Waals surface area contributed by atoms with Gasteiger partial charge in [0.1, 0.15) is 11.5 Å². The molecule has 0 fully saturated rings. The fraction of sp³-hybridized carbons (Fsp3) is 0.267. The molecule has 0 radical (unpaired) electrons. The molecule has 0 saturated heterocycles. The Morgan fingerprint density at radius 2 is 2.15 bits per heavy atom. The Morgan fingerprint density at radius 1 is 1.30 bits per heavy atom. The zero-order valence-corrected chi connectivity index (χ0v) is 11.1. The van der Waals surface area contributed by atoms with Crippen molar-refractivity contribution in [2.24, 2.45) is 0 Å². The molecule has 1 aliphatic rings. The van der Waals surface area contributed by atoms with Crippen LogP contribution in [0, 0.1) is 12.7 Å². The summed E-state index contributed by atoms with van der Waals surface area (Å²) in [5, 5.41) is 0. The van der Waals surface area contributed by atoms with Gasteiger partial charge in [-0.3, -0.25) is 9.78 Å². The molecular weight excluding hydrogens is 257 g/mol. The zero-order chi connectivity index (χ0) is 14.1. The van der Waals surface area contributed by atoms with Gasteiger partial charge in [0.05, 0.1) is 17.6 Å². The Labute approximate surface area is 116 Å². The number of anilines is 1. The number of hydrogen-bond acceptors (Lipinski definition) is 3. The van der Waals surface area contributed by atoms with Crippen LogP contribution in [-0.2, 0) is 6.42 Å². The Bertz CT molecular complexity index is 655. The molecule has 2 heterocycles. The largest absolute Gasteiger partial charge is 0.304 e. The first-order valence-electron chi connectivity index (χ1n) is 6.55. The summed E-state index contributed by atoms with van der Waals surface area (Å²) in [4.78, 5) is 22.1. The molecule has 2 aromatic rings. The Kier molecular flexibility index (Phi) is 3.18. The van der Waals surface area contributed by atoms with Crippen LogP contribution in [-0.4, -0.2) is 22.4 Å². The lowest BCUT2D eigenvalue weighted by Gasteiger charge is -2.29. The number of nitrogens with zero attached hydrogens (tertiary/aromatic N) is 3. The zero-order valence-electron chi connectivity index (χ0n) is 11.1. The van der Waals surface area contributed by atoms with Crippen LogP contribution >= 0.6 is 0 Å². The molecular formula is C15H14FN3O. The number of rotatable bonds is 1. The molecule has 4 nitrogen and oxygen atoms in total. The molecule has 1 aromatic carbocycles. The van der Waals surface area contributed by atoms with Gasteiger partial charge in [0.2, 0.25) is 0 Å². The van der Waals surface area contributed by atoms with E-state index in [1.165, 1.54) is 17.2 Å². The minimum Gasteiger partial charge on any atom is -0.304 e. The number of carbonyl (C=O) groups is 1. The number of aryl methyl sites for hydroxylation is 2. The van der Waals surface area contributed by atoms with Crippen molar-refractivity contribution >= 4 is 11.6 Å². The second kappa shape index (κ2) is 5.00. The number of halogens is 1. The van der Waals surface area contributed by atoms with Gasteiger partial charge >= 0.3 is 0 Å². The maximum Gasteiger partial charge on any atom is 0.278 e. The number of hydrogen-bond donors (Lipinski definition) is 0. The highest BCUT2D eigenvalue weighted by molar-refractivity contribution is 6.05. The lowest BCUT2D eigenvalue weighted by Crippen LogP contribution is -2.36. The van der Waals surface area contributed by atoms with E-state index in [9.17, 15) is 9.18 Å². The summed E-state index contributed by atoms with van der Waals surface area (Å²) >= 11 is 0. The third-order valence-electron chi connectivity index (χ3n) is 3.41. The topological polar surface area (TPSA) is 46.1 Å². The first kappa shape index (κ1) is 12.7. The summed E-state index contributed by atoms with van der Waals surface area (Å²) in [5.74, 6) is -0.667. The van der Waals surface area contributed by atoms with Crippen LogP contribution < -0.4 is 4.90 Å². The smallest absolute Gasteiger partial charge is 0.278 e. The van der Waals surface area contributed by atoms with E-state index in [0.717, 1.165) is 24.1 Å². The average molecular weight is 271 g/mol. The molecule has 1 aliphatic heterocycles. The van der Waals surface area contributed by atoms with Crippen molar-refractivity contribution in [2.45, 2.75) is 19.8 Å². The van der Waals surface area contributed by atoms with Crippen molar-refractivity contribution in [1.29, 1.82) is 0 Å². The molecule has 0 saturated carbocycles. The molecule has 3 rings (SSSR count). The van der Waals surface area contributed by atoms with Crippen LogP contribution in [0.25, 0.3) is 0 Å². The van der Waals surface area contributed by atoms with Crippen molar-refractivity contribution in [3.8, 4) is 0 Å².